The van der Waals surface area contributed by atoms with Gasteiger partial charge in [0, 0.05) is 56.9 Å². The number of carbonyl (C=O) groups excluding carboxylic acids is 2. The van der Waals surface area contributed by atoms with Crippen LogP contribution in [0.25, 0.3) is 0 Å². The first kappa shape index (κ1) is 123. The fourth-order valence-electron chi connectivity index (χ4n) is 9.98. The van der Waals surface area contributed by atoms with E-state index in [4.69, 9.17) is 80.5 Å². The minimum absolute atomic E-state index is 0. The molecule has 5 aliphatic heterocycles. The second-order valence-corrected chi connectivity index (χ2v) is 25.9. The summed E-state index contributed by atoms with van der Waals surface area (Å²) in [5.74, 6) is 0. The number of hydrogen-bond donors (Lipinski definition) is 0. The summed E-state index contributed by atoms with van der Waals surface area (Å²) < 4.78 is 379. The fraction of sp³-hybridized carbons (Fsp3) is 0.947. The minimum Gasteiger partial charge on any atom is -0.726 e. The van der Waals surface area contributed by atoms with Crippen molar-refractivity contribution in [2.45, 2.75) is 154 Å². The van der Waals surface area contributed by atoms with Crippen molar-refractivity contribution in [3.05, 3.63) is 0 Å². The third kappa shape index (κ3) is 37.9. The van der Waals surface area contributed by atoms with Crippen LogP contribution in [0.15, 0.2) is 0 Å². The van der Waals surface area contributed by atoms with Gasteiger partial charge in [-0.1, -0.05) is 0 Å². The quantitative estimate of drug-likeness (QED) is 0.0187. The molecule has 0 saturated carbocycles. The van der Waals surface area contributed by atoms with Gasteiger partial charge in [0.15, 0.2) is 43.7 Å². The molecule has 0 aromatic rings. The first-order valence-corrected chi connectivity index (χ1v) is 34.1. The van der Waals surface area contributed by atoms with Gasteiger partial charge < -0.3 is 133 Å². The summed E-state index contributed by atoms with van der Waals surface area (Å²) in [4.78, 5) is 25.8. The van der Waals surface area contributed by atoms with Crippen LogP contribution >= 0.6 is 0 Å². The minimum atomic E-state index is -6.41. The van der Waals surface area contributed by atoms with Crippen molar-refractivity contribution >= 4 is 85.4 Å². The van der Waals surface area contributed by atoms with Crippen LogP contribution < -0.4 is 266 Å². The number of ether oxygens (including phenoxy) is 17. The first-order chi connectivity index (χ1) is 42.5. The number of rotatable bonds is 35. The summed E-state index contributed by atoms with van der Waals surface area (Å²) in [6.07, 6.45) is -55.0. The molecule has 25 atom stereocenters. The number of hydrogen-bond acceptors (Lipinski definition) is 47. The second-order valence-electron chi connectivity index (χ2n) is 18.7. The van der Waals surface area contributed by atoms with Crippen molar-refractivity contribution < 1.29 is 487 Å². The van der Waals surface area contributed by atoms with Crippen molar-refractivity contribution in [1.29, 1.82) is 0 Å². The van der Waals surface area contributed by atoms with Crippen LogP contribution in [0.1, 0.15) is 0 Å². The van der Waals surface area contributed by atoms with Crippen LogP contribution in [0.5, 0.6) is 0 Å². The maximum atomic E-state index is 12.9. The molecule has 103 heavy (non-hydrogen) atoms. The predicted molar refractivity (Wildman–Crippen MR) is 272 cm³/mol. The van der Waals surface area contributed by atoms with Gasteiger partial charge in [-0.25, -0.2) is 71.5 Å². The van der Waals surface area contributed by atoms with Gasteiger partial charge in [-0.3, -0.25) is 29.3 Å². The molecule has 0 aromatic carbocycles. The monoisotopic (exact) mass is 1730 g/mol. The Labute approximate surface area is 790 Å². The molecule has 5 heterocycles. The Bertz CT molecular complexity index is 3270. The Balaban J connectivity index is -0.00000168. The van der Waals surface area contributed by atoms with E-state index in [-0.39, 0.29) is 277 Å². The van der Waals surface area contributed by atoms with Gasteiger partial charge in [0.05, 0.1) is 32.0 Å². The van der Waals surface area contributed by atoms with E-state index in [1.807, 2.05) is 0 Å². The molecule has 0 spiro atoms. The molecule has 556 valence electrons. The van der Waals surface area contributed by atoms with Crippen molar-refractivity contribution in [3.8, 4) is 0 Å². The summed E-state index contributed by atoms with van der Waals surface area (Å²) in [5.41, 5.74) is 0. The van der Waals surface area contributed by atoms with Crippen LogP contribution in [0.4, 0.5) is 0 Å². The molecule has 0 radical (unpaired) electrons. The maximum Gasteiger partial charge on any atom is 1.00 e. The van der Waals surface area contributed by atoms with E-state index in [1.165, 1.54) is 12.6 Å². The van der Waals surface area contributed by atoms with E-state index < -0.39 is 246 Å². The standard InChI is InChI=1S/C38H62O47S7.9Na.2H2O/c1-62-19-16(11-70-86(41,42)43)76-37(29(66-5)24(19)63-2)78-20-14(9-39)73-36(30(67-6)25(20)64-3)81-23-18(13-72-88(47,48)49)77-38(33(85-92(59,60)61)28(23)83-90(53,54)55)79-21-15(10-40)74-35(31(68-7)26(21)65-4)80-22-17(12-71-87(44,45)46)75-34(69-8)32(84-91(56,57)58)27(22)82-89(50,51)52;;;;;;;;;;;/h14-38H,11-13H2,1-8H3,(H,41,42,43)(H,44,45,46)(H,47,48,49)(H,50,51,52)(H,53,54,55)(H,56,57,58)(H,59,60,61);;;;;;;;;;2*1H2/q-2;9*+1;;/p-5/t14-,15+,16-,17-,18-,19-,20-,21-,22-,23-,24+,25+,26+,27+,28+,29-,30-,31-,32-,33-,34+,35+,36+,37-,38-;;;;;;;;;;;/m1.........../s1. The molecular formula is C38H61Na9O49S7+2. The fourth-order valence-corrected chi connectivity index (χ4v) is 12.8. The third-order valence-electron chi connectivity index (χ3n) is 13.3. The van der Waals surface area contributed by atoms with E-state index in [0.717, 1.165) is 49.8 Å². The van der Waals surface area contributed by atoms with Gasteiger partial charge >= 0.3 is 266 Å². The number of methoxy groups -OCH3 is 8. The second kappa shape index (κ2) is 54.0. The molecule has 49 nitrogen and oxygen atoms in total. The zero-order valence-corrected chi connectivity index (χ0v) is 81.5. The SMILES string of the molecule is CO[C@H]1O[C@H](COS(=O)(=O)[O-])[C@@H](O[C@@H]2O[C@@H]([C-]=O)[C@@H](O[C@H]3O[C@H](COS(=O)(=O)[O-])[C@@H](O[C@@H]4O[C@H]([C-]=O)[C@@H](O[C@H]5O[C@H](COS(=O)(=O)[O-])[C@@H](OC)[C@H](OC)[C@H]5OC)[C@H](OC)[C@H]4OC)[C@H](OS(=O)(=O)[O-])[C@H]3OS(=O)(=O)[O-])[C@H](OC)[C@H]2OC)[C@H](OS(=O)(=O)[O-])[C@H]1OS(=O)(=O)[O-].[Na+].[Na+].[Na+].[Na+].[Na+].[Na+].[Na+].[Na+].[Na+].[OH3+].[OH3+]. The van der Waals surface area contributed by atoms with E-state index in [2.05, 4.69) is 29.3 Å². The van der Waals surface area contributed by atoms with Gasteiger partial charge in [-0.2, -0.15) is 0 Å². The van der Waals surface area contributed by atoms with E-state index in [9.17, 15) is 100 Å². The molecular weight excluding hydrogens is 1670 g/mol. The third-order valence-corrected chi connectivity index (χ3v) is 16.5. The average molecular weight is 1730 g/mol. The zero-order valence-electron chi connectivity index (χ0n) is 57.8. The summed E-state index contributed by atoms with van der Waals surface area (Å²) in [6.45, 7) is -4.44. The van der Waals surface area contributed by atoms with Crippen molar-refractivity contribution in [2.75, 3.05) is 76.7 Å². The molecule has 0 aliphatic carbocycles. The molecule has 0 aromatic heterocycles. The van der Waals surface area contributed by atoms with Gasteiger partial charge in [0.25, 0.3) is 0 Å². The van der Waals surface area contributed by atoms with E-state index in [1.54, 1.807) is 0 Å². The summed E-state index contributed by atoms with van der Waals surface area (Å²) in [6, 6.07) is 0. The van der Waals surface area contributed by atoms with Gasteiger partial charge in [-0.15, -0.1) is 0 Å². The van der Waals surface area contributed by atoms with Crippen LogP contribution in [0.3, 0.4) is 0 Å². The first-order valence-electron chi connectivity index (χ1n) is 24.7. The smallest absolute Gasteiger partial charge is 0.726 e. The van der Waals surface area contributed by atoms with Crippen molar-refractivity contribution in [3.63, 3.8) is 0 Å². The normalized spacial score (nSPS) is 34.1. The Hall–Kier alpha value is 6.67. The van der Waals surface area contributed by atoms with Crippen LogP contribution in [0.2, 0.25) is 0 Å². The molecule has 0 unspecified atom stereocenters. The van der Waals surface area contributed by atoms with Crippen molar-refractivity contribution in [1.82, 2.24) is 0 Å². The summed E-state index contributed by atoms with van der Waals surface area (Å²) in [7, 11) is -34.9. The van der Waals surface area contributed by atoms with Crippen molar-refractivity contribution in [2.24, 2.45) is 0 Å². The largest absolute Gasteiger partial charge is 1.00 e. The van der Waals surface area contributed by atoms with E-state index in [0.29, 0.717) is 7.11 Å². The molecule has 5 saturated heterocycles. The molecule has 0 bridgehead atoms. The maximum absolute atomic E-state index is 12.9. The Morgan fingerprint density at radius 2 is 0.476 bits per heavy atom. The van der Waals surface area contributed by atoms with Gasteiger partial charge in [0.2, 0.25) is 72.8 Å². The van der Waals surface area contributed by atoms with E-state index >= 15 is 0 Å². The Morgan fingerprint density at radius 3 is 0.718 bits per heavy atom. The molecule has 6 N–H and O–H groups in total. The molecule has 5 aliphatic rings. The Morgan fingerprint density at radius 1 is 0.262 bits per heavy atom. The van der Waals surface area contributed by atoms with Crippen LogP contribution in [-0.2, 0) is 203 Å². The van der Waals surface area contributed by atoms with Gasteiger partial charge in [0.1, 0.15) is 85.5 Å². The molecule has 5 fully saturated rings. The van der Waals surface area contributed by atoms with Gasteiger partial charge in [-0.05, 0) is 12.2 Å². The summed E-state index contributed by atoms with van der Waals surface area (Å²) >= 11 is 0. The van der Waals surface area contributed by atoms with Crippen LogP contribution in [-0.4, -0.2) is 334 Å². The summed E-state index contributed by atoms with van der Waals surface area (Å²) in [5, 5.41) is 0. The predicted octanol–water partition coefficient (Wildman–Crippen LogP) is -38.9. The Kier molecular flexibility index (Phi) is 64.5. The average Bonchev–Trinajstić information content (AvgIpc) is 0.804. The topological polar surface area (TPSA) is 722 Å². The molecule has 65 heteroatoms. The van der Waals surface area contributed by atoms with Crippen LogP contribution in [0, 0.1) is 0 Å². The molecule has 5 rings (SSSR count). The zero-order chi connectivity index (χ0) is 69.4. The molecule has 0 amide bonds.